The Kier molecular flexibility index (Phi) is 6.52. The van der Waals surface area contributed by atoms with Crippen LogP contribution >= 0.6 is 0 Å². The van der Waals surface area contributed by atoms with Gasteiger partial charge in [-0.15, -0.1) is 6.58 Å². The zero-order chi connectivity index (χ0) is 14.3. The topological polar surface area (TPSA) is 71.1 Å². The molecule has 0 saturated carbocycles. The third-order valence-electron chi connectivity index (χ3n) is 2.53. The summed E-state index contributed by atoms with van der Waals surface area (Å²) < 4.78 is 21.1. The van der Waals surface area contributed by atoms with E-state index < -0.39 is 6.29 Å². The van der Waals surface area contributed by atoms with Crippen LogP contribution < -0.4 is 0 Å². The van der Waals surface area contributed by atoms with E-state index in [2.05, 4.69) is 6.58 Å². The number of hydrogen-bond donors (Lipinski definition) is 0. The number of carbonyl (C=O) groups is 2. The number of esters is 2. The summed E-state index contributed by atoms with van der Waals surface area (Å²) in [6, 6.07) is 0. The average Bonchev–Trinajstić information content (AvgIpc) is 2.33. The van der Waals surface area contributed by atoms with Gasteiger partial charge in [0.1, 0.15) is 12.7 Å². The molecular formula is C13H20O6. The van der Waals surface area contributed by atoms with Crippen molar-refractivity contribution in [2.24, 2.45) is 0 Å². The number of carbonyl (C=O) groups excluding carboxylic acids is 2. The summed E-state index contributed by atoms with van der Waals surface area (Å²) in [5, 5.41) is 0. The van der Waals surface area contributed by atoms with Crippen LogP contribution in [0.15, 0.2) is 12.7 Å². The van der Waals surface area contributed by atoms with E-state index in [4.69, 9.17) is 18.9 Å². The van der Waals surface area contributed by atoms with E-state index in [1.807, 2.05) is 0 Å². The van der Waals surface area contributed by atoms with Gasteiger partial charge in [0, 0.05) is 26.7 Å². The van der Waals surface area contributed by atoms with E-state index >= 15 is 0 Å². The first-order valence-corrected chi connectivity index (χ1v) is 6.19. The molecule has 0 aromatic carbocycles. The molecule has 0 aromatic rings. The fraction of sp³-hybridized carbons (Fsp3) is 0.692. The smallest absolute Gasteiger partial charge is 0.302 e. The molecule has 1 heterocycles. The van der Waals surface area contributed by atoms with Gasteiger partial charge in [0.05, 0.1) is 12.7 Å². The molecule has 108 valence electrons. The Morgan fingerprint density at radius 1 is 1.32 bits per heavy atom. The molecule has 0 radical (unpaired) electrons. The van der Waals surface area contributed by atoms with E-state index in [1.54, 1.807) is 6.08 Å². The van der Waals surface area contributed by atoms with E-state index in [9.17, 15) is 9.59 Å². The Balaban J connectivity index is 2.52. The zero-order valence-electron chi connectivity index (χ0n) is 11.3. The van der Waals surface area contributed by atoms with Crippen molar-refractivity contribution in [2.75, 3.05) is 13.2 Å². The minimum atomic E-state index is -0.489. The highest BCUT2D eigenvalue weighted by molar-refractivity contribution is 5.66. The summed E-state index contributed by atoms with van der Waals surface area (Å²) in [7, 11) is 0. The van der Waals surface area contributed by atoms with Gasteiger partial charge in [-0.05, 0) is 0 Å². The van der Waals surface area contributed by atoms with Crippen molar-refractivity contribution >= 4 is 11.9 Å². The average molecular weight is 272 g/mol. The van der Waals surface area contributed by atoms with E-state index in [0.717, 1.165) is 0 Å². The number of hydrogen-bond acceptors (Lipinski definition) is 6. The molecule has 6 nitrogen and oxygen atoms in total. The molecule has 0 spiro atoms. The summed E-state index contributed by atoms with van der Waals surface area (Å²) >= 11 is 0. The van der Waals surface area contributed by atoms with Crippen LogP contribution in [0.1, 0.15) is 26.7 Å². The molecule has 3 atom stereocenters. The Bertz CT molecular complexity index is 327. The third kappa shape index (κ3) is 6.35. The van der Waals surface area contributed by atoms with E-state index in [0.29, 0.717) is 19.4 Å². The highest BCUT2D eigenvalue weighted by Crippen LogP contribution is 2.23. The maximum absolute atomic E-state index is 11.0. The summed E-state index contributed by atoms with van der Waals surface area (Å²) in [4.78, 5) is 21.8. The molecule has 0 amide bonds. The first kappa shape index (κ1) is 15.7. The second kappa shape index (κ2) is 7.91. The molecule has 1 rings (SSSR count). The molecule has 1 saturated heterocycles. The predicted octanol–water partition coefficient (Wildman–Crippen LogP) is 1.19. The lowest BCUT2D eigenvalue weighted by Gasteiger charge is -2.34. The zero-order valence-corrected chi connectivity index (χ0v) is 11.3. The predicted molar refractivity (Wildman–Crippen MR) is 66.2 cm³/mol. The third-order valence-corrected chi connectivity index (χ3v) is 2.53. The van der Waals surface area contributed by atoms with Crippen LogP contribution in [0.3, 0.4) is 0 Å². The standard InChI is InChI=1S/C13H20O6/c1-4-5-16-13-7-11(18-10(3)15)6-12(19-13)8-17-9(2)14/h4,11-13H,1,5-8H2,2-3H3/t11-,12-,13+/m0/s1. The Labute approximate surface area is 112 Å². The van der Waals surface area contributed by atoms with E-state index in [-0.39, 0.29) is 30.8 Å². The van der Waals surface area contributed by atoms with Crippen LogP contribution in [0.5, 0.6) is 0 Å². The monoisotopic (exact) mass is 272 g/mol. The summed E-state index contributed by atoms with van der Waals surface area (Å²) in [6.45, 7) is 6.72. The molecule has 0 bridgehead atoms. The molecule has 1 aliphatic heterocycles. The molecule has 6 heteroatoms. The summed E-state index contributed by atoms with van der Waals surface area (Å²) in [6.07, 6.45) is 1.44. The van der Waals surface area contributed by atoms with Crippen molar-refractivity contribution in [1.29, 1.82) is 0 Å². The first-order valence-electron chi connectivity index (χ1n) is 6.19. The van der Waals surface area contributed by atoms with Gasteiger partial charge in [-0.2, -0.15) is 0 Å². The van der Waals surface area contributed by atoms with Crippen molar-refractivity contribution in [2.45, 2.75) is 45.2 Å². The van der Waals surface area contributed by atoms with Crippen LogP contribution in [-0.4, -0.2) is 43.7 Å². The molecule has 0 unspecified atom stereocenters. The maximum Gasteiger partial charge on any atom is 0.302 e. The Hall–Kier alpha value is -1.40. The minimum Gasteiger partial charge on any atom is -0.463 e. The second-order valence-corrected chi connectivity index (χ2v) is 4.32. The van der Waals surface area contributed by atoms with Gasteiger partial charge in [-0.25, -0.2) is 0 Å². The lowest BCUT2D eigenvalue weighted by atomic mass is 10.1. The number of ether oxygens (including phenoxy) is 4. The van der Waals surface area contributed by atoms with Crippen molar-refractivity contribution in [3.63, 3.8) is 0 Å². The van der Waals surface area contributed by atoms with Crippen LogP contribution in [0, 0.1) is 0 Å². The highest BCUT2D eigenvalue weighted by atomic mass is 16.7. The van der Waals surface area contributed by atoms with Crippen molar-refractivity contribution < 1.29 is 28.5 Å². The molecule has 19 heavy (non-hydrogen) atoms. The fourth-order valence-electron chi connectivity index (χ4n) is 1.86. The molecular weight excluding hydrogens is 252 g/mol. The highest BCUT2D eigenvalue weighted by Gasteiger charge is 2.32. The van der Waals surface area contributed by atoms with Gasteiger partial charge >= 0.3 is 11.9 Å². The van der Waals surface area contributed by atoms with Crippen LogP contribution in [-0.2, 0) is 28.5 Å². The second-order valence-electron chi connectivity index (χ2n) is 4.32. The summed E-state index contributed by atoms with van der Waals surface area (Å²) in [5.41, 5.74) is 0. The fourth-order valence-corrected chi connectivity index (χ4v) is 1.86. The lowest BCUT2D eigenvalue weighted by molar-refractivity contribution is -0.225. The van der Waals surface area contributed by atoms with Gasteiger partial charge in [0.15, 0.2) is 6.29 Å². The lowest BCUT2D eigenvalue weighted by Crippen LogP contribution is -2.41. The van der Waals surface area contributed by atoms with Crippen LogP contribution in [0.25, 0.3) is 0 Å². The minimum absolute atomic E-state index is 0.126. The number of rotatable bonds is 6. The first-order chi connectivity index (χ1) is 9.01. The SMILES string of the molecule is C=CCO[C@H]1C[C@@H](OC(C)=O)C[C@@H](COC(C)=O)O1. The normalized spacial score (nSPS) is 26.5. The van der Waals surface area contributed by atoms with Gasteiger partial charge < -0.3 is 18.9 Å². The summed E-state index contributed by atoms with van der Waals surface area (Å²) in [5.74, 6) is -0.720. The van der Waals surface area contributed by atoms with E-state index in [1.165, 1.54) is 13.8 Å². The molecule has 0 aromatic heterocycles. The quantitative estimate of drug-likeness (QED) is 0.534. The Morgan fingerprint density at radius 3 is 2.63 bits per heavy atom. The van der Waals surface area contributed by atoms with Crippen LogP contribution in [0.4, 0.5) is 0 Å². The largest absolute Gasteiger partial charge is 0.463 e. The van der Waals surface area contributed by atoms with Gasteiger partial charge in [-0.1, -0.05) is 6.08 Å². The van der Waals surface area contributed by atoms with Crippen molar-refractivity contribution in [3.8, 4) is 0 Å². The molecule has 1 fully saturated rings. The maximum atomic E-state index is 11.0. The molecule has 0 N–H and O–H groups in total. The van der Waals surface area contributed by atoms with Gasteiger partial charge in [0.25, 0.3) is 0 Å². The van der Waals surface area contributed by atoms with Crippen molar-refractivity contribution in [1.82, 2.24) is 0 Å². The van der Waals surface area contributed by atoms with Crippen LogP contribution in [0.2, 0.25) is 0 Å². The van der Waals surface area contributed by atoms with Crippen molar-refractivity contribution in [3.05, 3.63) is 12.7 Å². The van der Waals surface area contributed by atoms with Gasteiger partial charge in [0.2, 0.25) is 0 Å². The van der Waals surface area contributed by atoms with Gasteiger partial charge in [-0.3, -0.25) is 9.59 Å². The Morgan fingerprint density at radius 2 is 2.05 bits per heavy atom. The molecule has 0 aliphatic carbocycles. The molecule has 1 aliphatic rings.